The van der Waals surface area contributed by atoms with Crippen LogP contribution in [0.25, 0.3) is 0 Å². The molecule has 0 bridgehead atoms. The largest absolute Gasteiger partial charge is 0.545 e. The summed E-state index contributed by atoms with van der Waals surface area (Å²) >= 11 is 0. The van der Waals surface area contributed by atoms with Gasteiger partial charge in [0.1, 0.15) is 48.5 Å². The lowest BCUT2D eigenvalue weighted by Gasteiger charge is -2.17. The number of ether oxygens (including phenoxy) is 4. The van der Waals surface area contributed by atoms with Gasteiger partial charge in [-0.3, -0.25) is 9.59 Å². The lowest BCUT2D eigenvalue weighted by atomic mass is 10.1. The number of hydrogen-bond donors (Lipinski definition) is 4. The monoisotopic (exact) mass is 816 g/mol. The second-order valence-electron chi connectivity index (χ2n) is 14.5. The number of hydrogen-bond acceptors (Lipinski definition) is 14. The van der Waals surface area contributed by atoms with Crippen LogP contribution in [-0.4, -0.2) is 97.5 Å². The van der Waals surface area contributed by atoms with Crippen molar-refractivity contribution in [1.82, 2.24) is 10.6 Å². The van der Waals surface area contributed by atoms with Gasteiger partial charge in [0.05, 0.1) is 25.2 Å². The molecule has 2 aromatic rings. The summed E-state index contributed by atoms with van der Waals surface area (Å²) in [5.41, 5.74) is 3.74. The molecular weight excluding hydrogens is 748 g/mol. The van der Waals surface area contributed by atoms with Crippen molar-refractivity contribution in [3.63, 3.8) is 0 Å². The molecule has 0 aliphatic carbocycles. The first-order valence-electron chi connectivity index (χ1n) is 20.0. The average molecular weight is 817 g/mol. The molecule has 0 spiro atoms. The van der Waals surface area contributed by atoms with E-state index in [0.717, 1.165) is 47.9 Å². The first kappa shape index (κ1) is 53.8. The fourth-order valence-corrected chi connectivity index (χ4v) is 4.79. The quantitative estimate of drug-likeness (QED) is 0.0718. The lowest BCUT2D eigenvalue weighted by Crippen LogP contribution is -2.35. The highest BCUT2D eigenvalue weighted by Crippen LogP contribution is 2.23. The van der Waals surface area contributed by atoms with Gasteiger partial charge in [0.25, 0.3) is 0 Å². The smallest absolute Gasteiger partial charge is 0.134 e. The van der Waals surface area contributed by atoms with E-state index in [9.17, 15) is 39.6 Å². The van der Waals surface area contributed by atoms with Crippen LogP contribution in [-0.2, 0) is 54.7 Å². The van der Waals surface area contributed by atoms with Crippen LogP contribution in [0.3, 0.4) is 0 Å². The second kappa shape index (κ2) is 32.7. The van der Waals surface area contributed by atoms with E-state index in [4.69, 9.17) is 18.9 Å². The Morgan fingerprint density at radius 3 is 1.31 bits per heavy atom. The fraction of sp³-hybridized carbons (Fsp3) is 0.591. The molecule has 2 rings (SSSR count). The summed E-state index contributed by atoms with van der Waals surface area (Å²) < 4.78 is 23.0. The number of rotatable bonds is 28. The van der Waals surface area contributed by atoms with Crippen molar-refractivity contribution in [3.05, 3.63) is 70.8 Å². The van der Waals surface area contributed by atoms with E-state index in [1.807, 2.05) is 64.1 Å². The molecule has 0 saturated heterocycles. The van der Waals surface area contributed by atoms with Crippen molar-refractivity contribution in [2.45, 2.75) is 131 Å². The average Bonchev–Trinajstić information content (AvgIpc) is 3.15. The van der Waals surface area contributed by atoms with Crippen molar-refractivity contribution in [2.75, 3.05) is 39.5 Å². The van der Waals surface area contributed by atoms with Gasteiger partial charge in [0, 0.05) is 62.4 Å². The topological polar surface area (TPSA) is 216 Å². The molecule has 14 heteroatoms. The molecule has 0 fully saturated rings. The van der Waals surface area contributed by atoms with Crippen molar-refractivity contribution >= 4 is 23.5 Å². The number of carbonyl (C=O) groups is 4. The Bertz CT molecular complexity index is 1390. The summed E-state index contributed by atoms with van der Waals surface area (Å²) in [5.74, 6) is -1.44. The van der Waals surface area contributed by atoms with Gasteiger partial charge in [0.2, 0.25) is 0 Å². The Balaban J connectivity index is 0.000000943. The number of aliphatic hydroxyl groups excluding tert-OH is 2. The zero-order chi connectivity index (χ0) is 43.9. The molecule has 0 saturated carbocycles. The Kier molecular flexibility index (Phi) is 30.4. The predicted octanol–water partition coefficient (Wildman–Crippen LogP) is 2.79. The number of unbranched alkanes of at least 4 members (excludes halogenated alkanes) is 2. The molecule has 328 valence electrons. The predicted molar refractivity (Wildman–Crippen MR) is 219 cm³/mol. The molecule has 0 radical (unpaired) electrons. The van der Waals surface area contributed by atoms with Crippen LogP contribution in [0.5, 0.6) is 11.5 Å². The third kappa shape index (κ3) is 30.0. The fourth-order valence-electron chi connectivity index (χ4n) is 4.79. The number of carboxylic acids is 2. The maximum absolute atomic E-state index is 11.3. The van der Waals surface area contributed by atoms with E-state index < -0.39 is 24.1 Å². The summed E-state index contributed by atoms with van der Waals surface area (Å²) in [4.78, 5) is 41.5. The van der Waals surface area contributed by atoms with E-state index in [2.05, 4.69) is 24.5 Å². The minimum Gasteiger partial charge on any atom is -0.545 e. The van der Waals surface area contributed by atoms with Crippen molar-refractivity contribution in [3.8, 4) is 11.5 Å². The SMILES string of the molecule is CCCCOCc1cc(CC(C)=O)ccc1OCC(O)CNC(C)C.CCCCOCc1cc(CC(C)=O)ccc1OCC(O)CNC(C)C.O=C([O-])/C=C\C(=O)[O-]. The normalized spacial score (nSPS) is 12.0. The zero-order valence-electron chi connectivity index (χ0n) is 35.8. The molecule has 2 unspecified atom stereocenters. The number of carboxylic acid groups (broad SMARTS) is 2. The molecular formula is C44H68N2O12-2. The van der Waals surface area contributed by atoms with E-state index in [0.29, 0.717) is 88.1 Å². The van der Waals surface area contributed by atoms with Crippen LogP contribution < -0.4 is 30.3 Å². The summed E-state index contributed by atoms with van der Waals surface area (Å²) in [6.07, 6.45) is 4.63. The summed E-state index contributed by atoms with van der Waals surface area (Å²) in [7, 11) is 0. The van der Waals surface area contributed by atoms with Gasteiger partial charge in [-0.15, -0.1) is 0 Å². The standard InChI is InChI=1S/2C20H33NO4.C4H4O4/c2*1-5-6-9-24-13-18-11-17(10-16(4)22)7-8-20(18)25-14-19(23)12-21-15(2)3;5-3(6)1-2-4(7)8/h2*7-8,11,15,19,21,23H,5-6,9-10,12-14H2,1-4H3;1-2H,(H,5,6)(H,7,8)/p-2/b;;2-1-. The number of Topliss-reactive ketones (excluding diaryl/α,β-unsaturated/α-hetero) is 2. The molecule has 0 amide bonds. The Morgan fingerprint density at radius 2 is 1.02 bits per heavy atom. The minimum atomic E-state index is -1.55. The van der Waals surface area contributed by atoms with Gasteiger partial charge < -0.3 is 59.6 Å². The highest BCUT2D eigenvalue weighted by atomic mass is 16.5. The van der Waals surface area contributed by atoms with E-state index in [1.165, 1.54) is 0 Å². The van der Waals surface area contributed by atoms with E-state index in [1.54, 1.807) is 13.8 Å². The van der Waals surface area contributed by atoms with Crippen molar-refractivity contribution in [1.29, 1.82) is 0 Å². The van der Waals surface area contributed by atoms with Crippen LogP contribution >= 0.6 is 0 Å². The molecule has 58 heavy (non-hydrogen) atoms. The van der Waals surface area contributed by atoms with Gasteiger partial charge >= 0.3 is 0 Å². The molecule has 14 nitrogen and oxygen atoms in total. The van der Waals surface area contributed by atoms with Crippen LogP contribution in [0.2, 0.25) is 0 Å². The number of nitrogens with one attached hydrogen (secondary N) is 2. The third-order valence-corrected chi connectivity index (χ3v) is 7.70. The highest BCUT2D eigenvalue weighted by molar-refractivity contribution is 5.87. The van der Waals surface area contributed by atoms with Crippen LogP contribution in [0.15, 0.2) is 48.6 Å². The summed E-state index contributed by atoms with van der Waals surface area (Å²) in [5, 5.41) is 45.2. The van der Waals surface area contributed by atoms with Gasteiger partial charge in [-0.05, 0) is 74.2 Å². The van der Waals surface area contributed by atoms with Gasteiger partial charge in [-0.1, -0.05) is 66.5 Å². The van der Waals surface area contributed by atoms with Crippen LogP contribution in [0.1, 0.15) is 103 Å². The number of ketones is 2. The number of aliphatic carboxylic acids is 2. The third-order valence-electron chi connectivity index (χ3n) is 7.70. The Hall–Kier alpha value is -4.18. The van der Waals surface area contributed by atoms with E-state index >= 15 is 0 Å². The summed E-state index contributed by atoms with van der Waals surface area (Å²) in [6, 6.07) is 12.1. The molecule has 0 aliphatic heterocycles. The Morgan fingerprint density at radius 1 is 0.655 bits per heavy atom. The zero-order valence-corrected chi connectivity index (χ0v) is 35.8. The second-order valence-corrected chi connectivity index (χ2v) is 14.5. The molecule has 2 atom stereocenters. The summed E-state index contributed by atoms with van der Waals surface area (Å²) in [6.45, 7) is 19.3. The van der Waals surface area contributed by atoms with Gasteiger partial charge in [-0.2, -0.15) is 0 Å². The Labute approximate surface area is 345 Å². The lowest BCUT2D eigenvalue weighted by molar-refractivity contribution is -0.301. The highest BCUT2D eigenvalue weighted by Gasteiger charge is 2.13. The van der Waals surface area contributed by atoms with Gasteiger partial charge in [-0.25, -0.2) is 0 Å². The molecule has 0 heterocycles. The van der Waals surface area contributed by atoms with Gasteiger partial charge in [0.15, 0.2) is 0 Å². The van der Waals surface area contributed by atoms with Crippen molar-refractivity contribution in [2.24, 2.45) is 0 Å². The maximum atomic E-state index is 11.3. The van der Waals surface area contributed by atoms with Crippen LogP contribution in [0, 0.1) is 0 Å². The first-order chi connectivity index (χ1) is 27.5. The maximum Gasteiger partial charge on any atom is 0.134 e. The number of benzene rings is 2. The van der Waals surface area contributed by atoms with Crippen LogP contribution in [0.4, 0.5) is 0 Å². The molecule has 2 aromatic carbocycles. The first-order valence-corrected chi connectivity index (χ1v) is 20.0. The van der Waals surface area contributed by atoms with E-state index in [-0.39, 0.29) is 24.8 Å². The molecule has 0 aliphatic rings. The van der Waals surface area contributed by atoms with Crippen molar-refractivity contribution < 1.29 is 58.6 Å². The number of aliphatic hydroxyl groups is 2. The molecule has 0 aromatic heterocycles. The molecule has 4 N–H and O–H groups in total. The number of carbonyl (C=O) groups excluding carboxylic acids is 4. The minimum absolute atomic E-state index is 0.127.